The van der Waals surface area contributed by atoms with Gasteiger partial charge in [0.2, 0.25) is 0 Å². The molecule has 3 heteroatoms. The molecular weight excluding hydrogens is 254 g/mol. The third kappa shape index (κ3) is 2.70. The van der Waals surface area contributed by atoms with E-state index in [0.717, 1.165) is 34.9 Å². The van der Waals surface area contributed by atoms with Crippen LogP contribution in [0.15, 0.2) is 36.4 Å². The maximum absolute atomic E-state index is 13.7. The van der Waals surface area contributed by atoms with Gasteiger partial charge in [-0.1, -0.05) is 29.3 Å². The molecule has 0 radical (unpaired) electrons. The summed E-state index contributed by atoms with van der Waals surface area (Å²) in [4.78, 5) is 0. The minimum Gasteiger partial charge on any atom is -0.207 e. The standard InChI is InChI=1S/C15H13ClF2/c1-9-5-10(2)7-11(6-9)15(16)13-8-12(17)3-4-14(13)18/h3-8,15H,1-2H3. The highest BCUT2D eigenvalue weighted by atomic mass is 35.5. The van der Waals surface area contributed by atoms with Crippen LogP contribution in [0, 0.1) is 25.5 Å². The molecule has 0 amide bonds. The third-order valence-electron chi connectivity index (χ3n) is 2.77. The van der Waals surface area contributed by atoms with Crippen molar-refractivity contribution in [1.29, 1.82) is 0 Å². The van der Waals surface area contributed by atoms with Gasteiger partial charge >= 0.3 is 0 Å². The molecule has 0 aliphatic carbocycles. The molecule has 0 bridgehead atoms. The Morgan fingerprint density at radius 1 is 0.944 bits per heavy atom. The molecule has 94 valence electrons. The SMILES string of the molecule is Cc1cc(C)cc(C(Cl)c2cc(F)ccc2F)c1. The van der Waals surface area contributed by atoms with Crippen molar-refractivity contribution in [3.8, 4) is 0 Å². The Bertz CT molecular complexity index is 558. The van der Waals surface area contributed by atoms with Crippen molar-refractivity contribution in [2.45, 2.75) is 19.2 Å². The van der Waals surface area contributed by atoms with Crippen LogP contribution in [-0.4, -0.2) is 0 Å². The average Bonchev–Trinajstić information content (AvgIpc) is 2.30. The van der Waals surface area contributed by atoms with E-state index in [0.29, 0.717) is 0 Å². The van der Waals surface area contributed by atoms with Crippen molar-refractivity contribution in [1.82, 2.24) is 0 Å². The molecule has 0 saturated carbocycles. The molecule has 0 aromatic heterocycles. The fourth-order valence-electron chi connectivity index (χ4n) is 2.04. The van der Waals surface area contributed by atoms with Crippen molar-refractivity contribution >= 4 is 11.6 Å². The molecular formula is C15H13ClF2. The fourth-order valence-corrected chi connectivity index (χ4v) is 2.34. The second-order valence-electron chi connectivity index (χ2n) is 4.45. The lowest BCUT2D eigenvalue weighted by atomic mass is 10.00. The van der Waals surface area contributed by atoms with Gasteiger partial charge in [-0.3, -0.25) is 0 Å². The summed E-state index contributed by atoms with van der Waals surface area (Å²) in [6.07, 6.45) is 0. The van der Waals surface area contributed by atoms with E-state index >= 15 is 0 Å². The summed E-state index contributed by atoms with van der Waals surface area (Å²) in [6.45, 7) is 3.89. The maximum atomic E-state index is 13.7. The first kappa shape index (κ1) is 13.0. The molecule has 0 spiro atoms. The van der Waals surface area contributed by atoms with E-state index in [1.807, 2.05) is 32.0 Å². The van der Waals surface area contributed by atoms with Crippen LogP contribution < -0.4 is 0 Å². The van der Waals surface area contributed by atoms with Gasteiger partial charge in [0.05, 0.1) is 5.38 Å². The van der Waals surface area contributed by atoms with E-state index in [9.17, 15) is 8.78 Å². The molecule has 2 aromatic carbocycles. The normalized spacial score (nSPS) is 12.5. The van der Waals surface area contributed by atoms with E-state index in [4.69, 9.17) is 11.6 Å². The van der Waals surface area contributed by atoms with Gasteiger partial charge in [-0.15, -0.1) is 11.6 Å². The van der Waals surface area contributed by atoms with Gasteiger partial charge in [-0.2, -0.15) is 0 Å². The van der Waals surface area contributed by atoms with Gasteiger partial charge in [-0.05, 0) is 37.6 Å². The highest BCUT2D eigenvalue weighted by Crippen LogP contribution is 2.32. The number of benzene rings is 2. The zero-order chi connectivity index (χ0) is 13.3. The summed E-state index contributed by atoms with van der Waals surface area (Å²) < 4.78 is 26.8. The van der Waals surface area contributed by atoms with Crippen LogP contribution in [0.1, 0.15) is 27.6 Å². The highest BCUT2D eigenvalue weighted by molar-refractivity contribution is 6.22. The zero-order valence-electron chi connectivity index (χ0n) is 10.2. The van der Waals surface area contributed by atoms with E-state index < -0.39 is 17.0 Å². The molecule has 0 saturated heterocycles. The topological polar surface area (TPSA) is 0 Å². The van der Waals surface area contributed by atoms with Crippen LogP contribution in [0.4, 0.5) is 8.78 Å². The fraction of sp³-hybridized carbons (Fsp3) is 0.200. The van der Waals surface area contributed by atoms with Gasteiger partial charge in [0.25, 0.3) is 0 Å². The van der Waals surface area contributed by atoms with Crippen molar-refractivity contribution in [2.24, 2.45) is 0 Å². The smallest absolute Gasteiger partial charge is 0.128 e. The van der Waals surface area contributed by atoms with Gasteiger partial charge in [0.15, 0.2) is 0 Å². The molecule has 18 heavy (non-hydrogen) atoms. The van der Waals surface area contributed by atoms with E-state index in [2.05, 4.69) is 0 Å². The Hall–Kier alpha value is -1.41. The van der Waals surface area contributed by atoms with Crippen LogP contribution >= 0.6 is 11.6 Å². The first-order valence-electron chi connectivity index (χ1n) is 5.64. The van der Waals surface area contributed by atoms with Crippen LogP contribution in [0.3, 0.4) is 0 Å². The molecule has 2 aromatic rings. The summed E-state index contributed by atoms with van der Waals surface area (Å²) in [7, 11) is 0. The molecule has 0 nitrogen and oxygen atoms in total. The second-order valence-corrected chi connectivity index (χ2v) is 4.89. The van der Waals surface area contributed by atoms with E-state index in [1.165, 1.54) is 0 Å². The van der Waals surface area contributed by atoms with Gasteiger partial charge in [0, 0.05) is 5.56 Å². The molecule has 0 fully saturated rings. The molecule has 0 aliphatic rings. The van der Waals surface area contributed by atoms with Crippen molar-refractivity contribution in [3.05, 3.63) is 70.3 Å². The van der Waals surface area contributed by atoms with E-state index in [1.54, 1.807) is 0 Å². The Morgan fingerprint density at radius 2 is 1.56 bits per heavy atom. The lowest BCUT2D eigenvalue weighted by molar-refractivity contribution is 0.587. The van der Waals surface area contributed by atoms with Gasteiger partial charge < -0.3 is 0 Å². The summed E-state index contributed by atoms with van der Waals surface area (Å²) in [5.74, 6) is -0.975. The Morgan fingerprint density at radius 3 is 2.17 bits per heavy atom. The molecule has 2 rings (SSSR count). The van der Waals surface area contributed by atoms with Gasteiger partial charge in [-0.25, -0.2) is 8.78 Å². The number of halogens is 3. The summed E-state index contributed by atoms with van der Waals surface area (Å²) >= 11 is 6.25. The molecule has 0 heterocycles. The number of alkyl halides is 1. The van der Waals surface area contributed by atoms with E-state index in [-0.39, 0.29) is 5.56 Å². The predicted octanol–water partition coefficient (Wildman–Crippen LogP) is 4.91. The number of hydrogen-bond acceptors (Lipinski definition) is 0. The average molecular weight is 267 g/mol. The number of hydrogen-bond donors (Lipinski definition) is 0. The Labute approximate surface area is 110 Å². The maximum Gasteiger partial charge on any atom is 0.128 e. The highest BCUT2D eigenvalue weighted by Gasteiger charge is 2.16. The minimum atomic E-state index is -0.681. The van der Waals surface area contributed by atoms with Crippen molar-refractivity contribution in [2.75, 3.05) is 0 Å². The van der Waals surface area contributed by atoms with Crippen LogP contribution in [-0.2, 0) is 0 Å². The molecule has 0 aliphatic heterocycles. The summed E-state index contributed by atoms with van der Waals surface area (Å²) in [5.41, 5.74) is 3.04. The predicted molar refractivity (Wildman–Crippen MR) is 70.0 cm³/mol. The monoisotopic (exact) mass is 266 g/mol. The van der Waals surface area contributed by atoms with Gasteiger partial charge in [0.1, 0.15) is 11.6 Å². The minimum absolute atomic E-state index is 0.168. The van der Waals surface area contributed by atoms with Crippen LogP contribution in [0.25, 0.3) is 0 Å². The second kappa shape index (κ2) is 5.07. The van der Waals surface area contributed by atoms with Crippen molar-refractivity contribution in [3.63, 3.8) is 0 Å². The largest absolute Gasteiger partial charge is 0.207 e. The first-order chi connectivity index (χ1) is 8.47. The molecule has 1 unspecified atom stereocenters. The quantitative estimate of drug-likeness (QED) is 0.678. The zero-order valence-corrected chi connectivity index (χ0v) is 10.9. The van der Waals surface area contributed by atoms with Crippen LogP contribution in [0.5, 0.6) is 0 Å². The molecule has 1 atom stereocenters. The lowest BCUT2D eigenvalue weighted by Gasteiger charge is -2.13. The molecule has 0 N–H and O–H groups in total. The number of aryl methyl sites for hydroxylation is 2. The summed E-state index contributed by atoms with van der Waals surface area (Å²) in [6, 6.07) is 9.11. The lowest BCUT2D eigenvalue weighted by Crippen LogP contribution is -1.99. The Kier molecular flexibility index (Phi) is 3.67. The summed E-state index contributed by atoms with van der Waals surface area (Å²) in [5, 5.41) is -0.681. The third-order valence-corrected chi connectivity index (χ3v) is 3.25. The number of rotatable bonds is 2. The Balaban J connectivity index is 2.47. The first-order valence-corrected chi connectivity index (χ1v) is 6.08. The van der Waals surface area contributed by atoms with Crippen LogP contribution in [0.2, 0.25) is 0 Å². The van der Waals surface area contributed by atoms with Crippen molar-refractivity contribution < 1.29 is 8.78 Å².